The summed E-state index contributed by atoms with van der Waals surface area (Å²) in [5.74, 6) is -2.35. The highest BCUT2D eigenvalue weighted by Crippen LogP contribution is 2.47. The summed E-state index contributed by atoms with van der Waals surface area (Å²) in [5, 5.41) is 16.9. The molecule has 2 aliphatic carbocycles. The van der Waals surface area contributed by atoms with Crippen LogP contribution in [0.1, 0.15) is 77.3 Å². The maximum absolute atomic E-state index is 14.7. The summed E-state index contributed by atoms with van der Waals surface area (Å²) >= 11 is 9.87. The van der Waals surface area contributed by atoms with Crippen LogP contribution in [0.25, 0.3) is 0 Å². The lowest BCUT2D eigenvalue weighted by Gasteiger charge is -2.46. The van der Waals surface area contributed by atoms with E-state index in [1.165, 1.54) is 29.1 Å². The van der Waals surface area contributed by atoms with Crippen LogP contribution in [0.2, 0.25) is 5.02 Å². The van der Waals surface area contributed by atoms with Crippen molar-refractivity contribution < 1.29 is 37.9 Å². The molecule has 13 nitrogen and oxygen atoms in total. The molecule has 2 amide bonds. The lowest BCUT2D eigenvalue weighted by Crippen LogP contribution is -2.50. The van der Waals surface area contributed by atoms with E-state index < -0.39 is 39.9 Å². The first kappa shape index (κ1) is 41.2. The second-order valence-corrected chi connectivity index (χ2v) is 19.0. The summed E-state index contributed by atoms with van der Waals surface area (Å²) in [5.41, 5.74) is 2.89. The number of hydrogen-bond donors (Lipinski definition) is 2. The van der Waals surface area contributed by atoms with Gasteiger partial charge in [0.25, 0.3) is 11.8 Å². The van der Waals surface area contributed by atoms with Gasteiger partial charge in [0.05, 0.1) is 31.3 Å². The van der Waals surface area contributed by atoms with Crippen molar-refractivity contribution in [3.63, 3.8) is 0 Å². The van der Waals surface area contributed by atoms with E-state index >= 15 is 0 Å². The van der Waals surface area contributed by atoms with Gasteiger partial charge in [-0.05, 0) is 97.9 Å². The van der Waals surface area contributed by atoms with E-state index in [1.54, 1.807) is 44.3 Å². The fraction of sp³-hybridized carbons (Fsp3) is 0.512. The Morgan fingerprint density at radius 2 is 2.02 bits per heavy atom. The molecular weight excluding hydrogens is 838 g/mol. The number of alkyl halides is 1. The molecule has 2 N–H and O–H groups in total. The molecule has 1 spiro atoms. The maximum atomic E-state index is 14.7. The molecule has 1 unspecified atom stereocenters. The minimum absolute atomic E-state index is 0.00328. The second-order valence-electron chi connectivity index (χ2n) is 15.7. The largest absolute Gasteiger partial charge is 0.490 e. The van der Waals surface area contributed by atoms with Crippen LogP contribution in [0.5, 0.6) is 11.6 Å². The number of aromatic nitrogens is 2. The van der Waals surface area contributed by atoms with Crippen molar-refractivity contribution in [1.29, 1.82) is 0 Å². The number of halogens is 2. The lowest BCUT2D eigenvalue weighted by atomic mass is 9.68. The Hall–Kier alpha value is -3.92. The number of nitrogens with one attached hydrogen (secondary N) is 1. The van der Waals surface area contributed by atoms with Crippen LogP contribution in [0.15, 0.2) is 59.1 Å². The van der Waals surface area contributed by atoms with Gasteiger partial charge in [-0.2, -0.15) is 0 Å². The molecule has 7 atom stereocenters. The molecule has 3 heterocycles. The first-order valence-electron chi connectivity index (χ1n) is 19.4. The minimum atomic E-state index is -3.87. The molecule has 57 heavy (non-hydrogen) atoms. The average Bonchev–Trinajstić information content (AvgIpc) is 3.49. The molecule has 1 fully saturated rings. The van der Waals surface area contributed by atoms with E-state index in [-0.39, 0.29) is 52.4 Å². The Balaban J connectivity index is 1.32. The summed E-state index contributed by atoms with van der Waals surface area (Å²) in [6.45, 7) is 3.25. The summed E-state index contributed by atoms with van der Waals surface area (Å²) in [7, 11) is -0.901. The van der Waals surface area contributed by atoms with Crippen LogP contribution in [-0.2, 0) is 38.3 Å². The molecule has 2 bridgehead atoms. The van der Waals surface area contributed by atoms with Crippen LogP contribution in [-0.4, -0.2) is 87.0 Å². The first-order chi connectivity index (χ1) is 27.3. The van der Waals surface area contributed by atoms with Gasteiger partial charge in [-0.25, -0.2) is 4.21 Å². The second kappa shape index (κ2) is 17.1. The average molecular weight is 887 g/mol. The summed E-state index contributed by atoms with van der Waals surface area (Å²) in [6.07, 6.45) is 8.25. The molecule has 1 saturated carbocycles. The third-order valence-electron chi connectivity index (χ3n) is 11.7. The van der Waals surface area contributed by atoms with Gasteiger partial charge < -0.3 is 24.2 Å². The van der Waals surface area contributed by atoms with Crippen molar-refractivity contribution in [1.82, 2.24) is 14.5 Å². The number of aryl methyl sites for hydroxylation is 2. The Bertz CT molecular complexity index is 2190. The maximum Gasteiger partial charge on any atom is 0.306 e. The molecule has 1 aromatic heterocycles. The minimum Gasteiger partial charge on any atom is -0.490 e. The van der Waals surface area contributed by atoms with Gasteiger partial charge in [0.1, 0.15) is 27.3 Å². The number of hydrogen-bond acceptors (Lipinski definition) is 10. The number of benzene rings is 2. The van der Waals surface area contributed by atoms with Gasteiger partial charge in [-0.3, -0.25) is 23.8 Å². The number of ether oxygens (including phenoxy) is 3. The number of aliphatic hydroxyl groups excluding tert-OH is 1. The van der Waals surface area contributed by atoms with E-state index in [4.69, 9.17) is 25.8 Å². The Morgan fingerprint density at radius 3 is 2.77 bits per heavy atom. The number of nitrogens with zero attached hydrogens (tertiary/aromatic N) is 4. The van der Waals surface area contributed by atoms with Crippen LogP contribution in [0.3, 0.4) is 0 Å². The zero-order valence-electron chi connectivity index (χ0n) is 32.3. The standard InChI is InChI=1S/C41H49BrClN5O8S/c1-25-22-57(53,46-39(52)31-21-47(2)44-40(31)54-3)45-38(51)27-9-14-36-33(19-27)48(23-41(24-55-36)16-4-6-26-18-29(43)10-12-32(26)41)20-28-8-11-30(28)35(15-13-34(25)49)56-37(50)7-5-17-42/h9-10,12-15,18-19,21,25,28,30,34-35,49H,4-8,11,16-17,20,22-24H2,1-3H3,(H,45,46,51,52,53)/b15-13+/t25-,28+,30-,34?,35+,41+,57+/m1/s1. The summed E-state index contributed by atoms with van der Waals surface area (Å²) in [4.78, 5) is 43.1. The number of anilines is 1. The zero-order chi connectivity index (χ0) is 40.5. The van der Waals surface area contributed by atoms with Crippen LogP contribution in [0, 0.1) is 17.8 Å². The first-order valence-corrected chi connectivity index (χ1v) is 22.6. The predicted octanol–water partition coefficient (Wildman–Crippen LogP) is 6.19. The van der Waals surface area contributed by atoms with E-state index in [0.717, 1.165) is 32.1 Å². The van der Waals surface area contributed by atoms with Gasteiger partial charge in [0.15, 0.2) is 0 Å². The molecular formula is C41H49BrClN5O8S. The molecule has 3 aromatic rings. The molecule has 0 radical (unpaired) electrons. The third kappa shape index (κ3) is 8.91. The Labute approximate surface area is 346 Å². The highest BCUT2D eigenvalue weighted by atomic mass is 79.9. The molecule has 0 saturated heterocycles. The molecule has 7 rings (SSSR count). The number of carbonyl (C=O) groups excluding carboxylic acids is 3. The van der Waals surface area contributed by atoms with E-state index in [0.29, 0.717) is 47.9 Å². The van der Waals surface area contributed by atoms with Gasteiger partial charge in [0.2, 0.25) is 5.88 Å². The normalized spacial score (nSPS) is 29.1. The highest BCUT2D eigenvalue weighted by molar-refractivity contribution is 9.09. The van der Waals surface area contributed by atoms with Crippen LogP contribution in [0.4, 0.5) is 5.69 Å². The van der Waals surface area contributed by atoms with Crippen molar-refractivity contribution in [2.45, 2.75) is 69.5 Å². The van der Waals surface area contributed by atoms with E-state index in [1.807, 2.05) is 12.1 Å². The fourth-order valence-corrected chi connectivity index (χ4v) is 11.0. The number of fused-ring (bicyclic) bond motifs is 4. The summed E-state index contributed by atoms with van der Waals surface area (Å²) < 4.78 is 40.8. The highest BCUT2D eigenvalue weighted by Gasteiger charge is 2.45. The van der Waals surface area contributed by atoms with Crippen molar-refractivity contribution in [2.75, 3.05) is 42.8 Å². The molecule has 306 valence electrons. The number of esters is 1. The SMILES string of the molecule is COc1nn(C)cc1C(=O)N[S@@]1(=O)=NC(=O)c2ccc3c(c2)N(C[C@@H]2CC[C@H]2[C@@H](OC(=O)CCCBr)/C=C/C(O)[C@H](C)C1)C[C@@]1(CCCc2cc(Cl)ccc21)CO3. The topological polar surface area (TPSA) is 162 Å². The van der Waals surface area contributed by atoms with Gasteiger partial charge in [-0.1, -0.05) is 46.6 Å². The Morgan fingerprint density at radius 1 is 1.19 bits per heavy atom. The van der Waals surface area contributed by atoms with Crippen molar-refractivity contribution >= 4 is 60.9 Å². The third-order valence-corrected chi connectivity index (χ3v) is 14.4. The predicted molar refractivity (Wildman–Crippen MR) is 221 cm³/mol. The van der Waals surface area contributed by atoms with Crippen molar-refractivity contribution in [3.05, 3.63) is 82.0 Å². The van der Waals surface area contributed by atoms with Crippen molar-refractivity contribution in [3.8, 4) is 11.6 Å². The van der Waals surface area contributed by atoms with Crippen LogP contribution < -0.4 is 19.1 Å². The quantitative estimate of drug-likeness (QED) is 0.159. The van der Waals surface area contributed by atoms with Gasteiger partial charge in [-0.15, -0.1) is 9.46 Å². The monoisotopic (exact) mass is 885 g/mol. The molecule has 4 aliphatic rings. The van der Waals surface area contributed by atoms with E-state index in [2.05, 4.69) is 41.1 Å². The number of carbonyl (C=O) groups is 3. The molecule has 16 heteroatoms. The molecule has 2 aliphatic heterocycles. The summed E-state index contributed by atoms with van der Waals surface area (Å²) in [6, 6.07) is 11.2. The van der Waals surface area contributed by atoms with Gasteiger partial charge >= 0.3 is 5.97 Å². The number of aliphatic hydroxyl groups is 1. The van der Waals surface area contributed by atoms with E-state index in [9.17, 15) is 23.7 Å². The molecule has 2 aromatic carbocycles. The number of methoxy groups -OCH3 is 1. The van der Waals surface area contributed by atoms with Crippen LogP contribution >= 0.6 is 27.5 Å². The zero-order valence-corrected chi connectivity index (χ0v) is 35.5. The number of amides is 2. The number of rotatable bonds is 7. The van der Waals surface area contributed by atoms with Crippen molar-refractivity contribution in [2.24, 2.45) is 29.2 Å². The fourth-order valence-electron chi connectivity index (χ4n) is 8.61. The smallest absolute Gasteiger partial charge is 0.306 e. The Kier molecular flexibility index (Phi) is 12.4. The lowest BCUT2D eigenvalue weighted by molar-refractivity contribution is -0.152. The van der Waals surface area contributed by atoms with Gasteiger partial charge in [0, 0.05) is 60.0 Å².